The highest BCUT2D eigenvalue weighted by molar-refractivity contribution is 6.33. The summed E-state index contributed by atoms with van der Waals surface area (Å²) in [4.78, 5) is 15.2. The smallest absolute Gasteiger partial charge is 0.256 e. The van der Waals surface area contributed by atoms with Gasteiger partial charge in [0.25, 0.3) is 5.91 Å². The molecule has 0 saturated carbocycles. The van der Waals surface area contributed by atoms with Crippen LogP contribution in [0.1, 0.15) is 42.7 Å². The number of hydrogen-bond acceptors (Lipinski definition) is 3. The molecule has 0 spiro atoms. The van der Waals surface area contributed by atoms with Gasteiger partial charge in [-0.3, -0.25) is 4.79 Å². The second-order valence-electron chi connectivity index (χ2n) is 7.52. The van der Waals surface area contributed by atoms with Crippen molar-refractivity contribution in [1.29, 1.82) is 0 Å². The first-order valence-corrected chi connectivity index (χ1v) is 9.77. The van der Waals surface area contributed by atoms with Crippen LogP contribution in [0.2, 0.25) is 5.15 Å². The van der Waals surface area contributed by atoms with E-state index in [0.29, 0.717) is 22.9 Å². The van der Waals surface area contributed by atoms with Crippen molar-refractivity contribution in [3.63, 3.8) is 0 Å². The molecule has 1 fully saturated rings. The maximum absolute atomic E-state index is 13.1. The number of rotatable bonds is 5. The average Bonchev–Trinajstić information content (AvgIpc) is 2.90. The first-order chi connectivity index (χ1) is 12.8. The zero-order valence-electron chi connectivity index (χ0n) is 16.0. The van der Waals surface area contributed by atoms with Crippen molar-refractivity contribution in [3.8, 4) is 5.69 Å². The van der Waals surface area contributed by atoms with Crippen molar-refractivity contribution in [2.45, 2.75) is 39.7 Å². The predicted octanol–water partition coefficient (Wildman–Crippen LogP) is 3.82. The monoisotopic (exact) mass is 392 g/mol. The van der Waals surface area contributed by atoms with Gasteiger partial charge in [0.05, 0.1) is 16.9 Å². The number of aromatic nitrogens is 2. The van der Waals surface area contributed by atoms with Crippen LogP contribution in [-0.4, -0.2) is 46.3 Å². The Bertz CT molecular complexity index is 805. The van der Waals surface area contributed by atoms with E-state index >= 15 is 0 Å². The molecule has 1 saturated heterocycles. The lowest BCUT2D eigenvalue weighted by Gasteiger charge is -2.32. The van der Waals surface area contributed by atoms with E-state index < -0.39 is 0 Å². The van der Waals surface area contributed by atoms with Crippen LogP contribution < -0.4 is 5.32 Å². The Morgan fingerprint density at radius 2 is 2.11 bits per heavy atom. The predicted molar refractivity (Wildman–Crippen MR) is 105 cm³/mol. The Balaban J connectivity index is 1.70. The van der Waals surface area contributed by atoms with Gasteiger partial charge in [0.2, 0.25) is 0 Å². The van der Waals surface area contributed by atoms with Gasteiger partial charge in [-0.15, -0.1) is 0 Å². The molecule has 1 aliphatic rings. The summed E-state index contributed by atoms with van der Waals surface area (Å²) in [6.45, 7) is 8.99. The molecule has 1 aromatic heterocycles. The summed E-state index contributed by atoms with van der Waals surface area (Å²) in [5.74, 6) is 0.133. The van der Waals surface area contributed by atoms with Crippen molar-refractivity contribution in [2.24, 2.45) is 5.92 Å². The third kappa shape index (κ3) is 4.68. The molecule has 0 radical (unpaired) electrons. The minimum absolute atomic E-state index is 0.00689. The minimum Gasteiger partial charge on any atom is -0.348 e. The van der Waals surface area contributed by atoms with E-state index in [-0.39, 0.29) is 22.9 Å². The molecule has 1 N–H and O–H groups in total. The summed E-state index contributed by atoms with van der Waals surface area (Å²) >= 11 is 6.43. The Morgan fingerprint density at radius 3 is 2.78 bits per heavy atom. The number of carbonyl (C=O) groups excluding carboxylic acids is 1. The zero-order valence-corrected chi connectivity index (χ0v) is 16.8. The second-order valence-corrected chi connectivity index (χ2v) is 7.88. The van der Waals surface area contributed by atoms with Crippen LogP contribution in [0, 0.1) is 18.7 Å². The fourth-order valence-corrected chi connectivity index (χ4v) is 4.05. The molecule has 0 bridgehead atoms. The second kappa shape index (κ2) is 8.40. The van der Waals surface area contributed by atoms with Gasteiger partial charge in [-0.05, 0) is 63.4 Å². The Morgan fingerprint density at radius 1 is 1.41 bits per heavy atom. The highest BCUT2D eigenvalue weighted by Crippen LogP contribution is 2.24. The van der Waals surface area contributed by atoms with Crippen LogP contribution in [0.5, 0.6) is 0 Å². The van der Waals surface area contributed by atoms with Gasteiger partial charge in [0.15, 0.2) is 0 Å². The summed E-state index contributed by atoms with van der Waals surface area (Å²) in [5.41, 5.74) is 1.51. The van der Waals surface area contributed by atoms with E-state index in [4.69, 9.17) is 11.6 Å². The lowest BCUT2D eigenvalue weighted by atomic mass is 10.00. The lowest BCUT2D eigenvalue weighted by molar-refractivity contribution is 0.0919. The average molecular weight is 393 g/mol. The van der Waals surface area contributed by atoms with Crippen molar-refractivity contribution >= 4 is 17.5 Å². The number of nitrogens with one attached hydrogen (secondary N) is 1. The maximum Gasteiger partial charge on any atom is 0.256 e. The normalized spacial score (nSPS) is 19.1. The van der Waals surface area contributed by atoms with Crippen LogP contribution in [0.25, 0.3) is 5.69 Å². The Labute approximate surface area is 164 Å². The summed E-state index contributed by atoms with van der Waals surface area (Å²) in [6, 6.07) is 5.84. The van der Waals surface area contributed by atoms with Gasteiger partial charge >= 0.3 is 0 Å². The van der Waals surface area contributed by atoms with Gasteiger partial charge in [-0.1, -0.05) is 18.5 Å². The summed E-state index contributed by atoms with van der Waals surface area (Å²) in [5, 5.41) is 7.62. The molecule has 2 atom stereocenters. The summed E-state index contributed by atoms with van der Waals surface area (Å²) < 4.78 is 14.6. The number of nitrogens with zero attached hydrogens (tertiary/aromatic N) is 3. The van der Waals surface area contributed by atoms with Gasteiger partial charge in [0, 0.05) is 19.1 Å². The minimum atomic E-state index is -0.336. The molecule has 7 heteroatoms. The van der Waals surface area contributed by atoms with Crippen LogP contribution in [0.4, 0.5) is 4.39 Å². The van der Waals surface area contributed by atoms with E-state index in [1.54, 1.807) is 19.1 Å². The standard InChI is InChI=1S/C20H26ClFN4O/c1-13-5-4-10-25(11-13)12-14(2)23-20(27)18-15(3)24-26(19(18)21)17-8-6-16(22)7-9-17/h6-9,13-14H,4-5,10-12H2,1-3H3,(H,23,27)/t13-,14+/m1/s1. The molecule has 2 aromatic rings. The van der Waals surface area contributed by atoms with Gasteiger partial charge in [0.1, 0.15) is 11.0 Å². The lowest BCUT2D eigenvalue weighted by Crippen LogP contribution is -2.45. The zero-order chi connectivity index (χ0) is 19.6. The van der Waals surface area contributed by atoms with Crippen molar-refractivity contribution < 1.29 is 9.18 Å². The molecular weight excluding hydrogens is 367 g/mol. The van der Waals surface area contributed by atoms with E-state index in [1.807, 2.05) is 6.92 Å². The summed E-state index contributed by atoms with van der Waals surface area (Å²) in [7, 11) is 0. The highest BCUT2D eigenvalue weighted by atomic mass is 35.5. The number of aryl methyl sites for hydroxylation is 1. The number of hydrogen-bond donors (Lipinski definition) is 1. The van der Waals surface area contributed by atoms with Crippen molar-refractivity contribution in [1.82, 2.24) is 20.0 Å². The highest BCUT2D eigenvalue weighted by Gasteiger charge is 2.24. The van der Waals surface area contributed by atoms with E-state index in [2.05, 4.69) is 22.2 Å². The molecule has 0 unspecified atom stereocenters. The molecule has 146 valence electrons. The van der Waals surface area contributed by atoms with Gasteiger partial charge in [-0.25, -0.2) is 9.07 Å². The first-order valence-electron chi connectivity index (χ1n) is 9.39. The van der Waals surface area contributed by atoms with Crippen LogP contribution in [-0.2, 0) is 0 Å². The largest absolute Gasteiger partial charge is 0.348 e. The first kappa shape index (κ1) is 19.8. The van der Waals surface area contributed by atoms with Crippen LogP contribution in [0.3, 0.4) is 0 Å². The summed E-state index contributed by atoms with van der Waals surface area (Å²) in [6.07, 6.45) is 2.48. The van der Waals surface area contributed by atoms with E-state index in [9.17, 15) is 9.18 Å². The third-order valence-corrected chi connectivity index (χ3v) is 5.30. The number of amides is 1. The quantitative estimate of drug-likeness (QED) is 0.841. The fourth-order valence-electron chi connectivity index (χ4n) is 3.69. The van der Waals surface area contributed by atoms with Crippen LogP contribution in [0.15, 0.2) is 24.3 Å². The molecule has 0 aliphatic carbocycles. The molecule has 1 aliphatic heterocycles. The van der Waals surface area contributed by atoms with E-state index in [1.165, 1.54) is 29.7 Å². The number of likely N-dealkylation sites (tertiary alicyclic amines) is 1. The number of piperidine rings is 1. The molecular formula is C20H26ClFN4O. The number of halogens is 2. The van der Waals surface area contributed by atoms with Crippen molar-refractivity contribution in [2.75, 3.05) is 19.6 Å². The molecule has 27 heavy (non-hydrogen) atoms. The number of benzene rings is 1. The molecule has 5 nitrogen and oxygen atoms in total. The van der Waals surface area contributed by atoms with Gasteiger partial charge < -0.3 is 10.2 Å². The topological polar surface area (TPSA) is 50.2 Å². The number of carbonyl (C=O) groups is 1. The van der Waals surface area contributed by atoms with Crippen molar-refractivity contribution in [3.05, 3.63) is 46.5 Å². The van der Waals surface area contributed by atoms with Gasteiger partial charge in [-0.2, -0.15) is 5.10 Å². The molecule has 1 aromatic carbocycles. The molecule has 2 heterocycles. The van der Waals surface area contributed by atoms with E-state index in [0.717, 1.165) is 19.6 Å². The Hall–Kier alpha value is -1.92. The van der Waals surface area contributed by atoms with Crippen LogP contribution >= 0.6 is 11.6 Å². The fraction of sp³-hybridized carbons (Fsp3) is 0.500. The third-order valence-electron chi connectivity index (χ3n) is 4.95. The maximum atomic E-state index is 13.1. The SMILES string of the molecule is Cc1nn(-c2ccc(F)cc2)c(Cl)c1C(=O)N[C@@H](C)CN1CCC[C@@H](C)C1. The Kier molecular flexibility index (Phi) is 6.17. The molecule has 3 rings (SSSR count). The molecule has 1 amide bonds.